The summed E-state index contributed by atoms with van der Waals surface area (Å²) >= 11 is 5.91. The minimum atomic E-state index is -0.458. The third-order valence-electron chi connectivity index (χ3n) is 4.69. The van der Waals surface area contributed by atoms with E-state index in [0.717, 1.165) is 18.2 Å². The number of nitrogens with zero attached hydrogens (tertiary/aromatic N) is 4. The maximum atomic E-state index is 13.8. The molecule has 2 aromatic heterocycles. The molecule has 3 heterocycles. The Morgan fingerprint density at radius 3 is 2.63 bits per heavy atom. The average molecular weight is 383 g/mol. The Morgan fingerprint density at radius 2 is 1.93 bits per heavy atom. The fraction of sp³-hybridized carbons (Fsp3) is 0.200. The Kier molecular flexibility index (Phi) is 4.81. The van der Waals surface area contributed by atoms with Crippen LogP contribution >= 0.6 is 11.6 Å². The van der Waals surface area contributed by atoms with Crippen molar-refractivity contribution in [3.8, 4) is 11.3 Å². The smallest absolute Gasteiger partial charge is 0.231 e. The number of aromatic nitrogens is 3. The molecule has 1 aliphatic heterocycles. The monoisotopic (exact) mass is 382 g/mol. The first-order valence-electron chi connectivity index (χ1n) is 8.61. The van der Waals surface area contributed by atoms with Gasteiger partial charge in [0.05, 0.1) is 11.9 Å². The minimum absolute atomic E-state index is 0.0297. The summed E-state index contributed by atoms with van der Waals surface area (Å²) < 4.78 is 13.8. The van der Waals surface area contributed by atoms with Crippen LogP contribution in [0.2, 0.25) is 5.02 Å². The van der Waals surface area contributed by atoms with E-state index in [4.69, 9.17) is 11.6 Å². The van der Waals surface area contributed by atoms with Crippen LogP contribution in [0.5, 0.6) is 0 Å². The van der Waals surface area contributed by atoms with Crippen LogP contribution in [0, 0.1) is 11.7 Å². The van der Waals surface area contributed by atoms with Gasteiger partial charge in [0.1, 0.15) is 0 Å². The Hall–Kier alpha value is -2.86. The number of anilines is 1. The van der Waals surface area contributed by atoms with E-state index >= 15 is 0 Å². The number of hydrogen-bond acceptors (Lipinski definition) is 4. The van der Waals surface area contributed by atoms with Gasteiger partial charge in [-0.25, -0.2) is 4.39 Å². The number of carbonyl (C=O) groups excluding carboxylic acids is 1. The molecule has 1 saturated heterocycles. The van der Waals surface area contributed by atoms with E-state index in [9.17, 15) is 9.18 Å². The standard InChI is InChI=1S/C20H16ClFN4O/c21-15-3-1-13(2-4-15)11-14-8-10-26(20(14)27)19-6-5-18(24-25-19)16-7-9-23-12-17(16)22/h1-7,9,12,14H,8,10-11H2. The fourth-order valence-corrected chi connectivity index (χ4v) is 3.38. The molecule has 1 fully saturated rings. The molecule has 0 aliphatic carbocycles. The summed E-state index contributed by atoms with van der Waals surface area (Å²) in [5, 5.41) is 8.89. The molecule has 0 bridgehead atoms. The molecule has 0 radical (unpaired) electrons. The highest BCUT2D eigenvalue weighted by molar-refractivity contribution is 6.30. The van der Waals surface area contributed by atoms with Crippen LogP contribution in [-0.4, -0.2) is 27.6 Å². The lowest BCUT2D eigenvalue weighted by Gasteiger charge is -2.15. The van der Waals surface area contributed by atoms with Crippen molar-refractivity contribution in [1.29, 1.82) is 0 Å². The number of carbonyl (C=O) groups is 1. The van der Waals surface area contributed by atoms with Crippen LogP contribution < -0.4 is 4.90 Å². The predicted molar refractivity (Wildman–Crippen MR) is 101 cm³/mol. The molecular formula is C20H16ClFN4O. The third-order valence-corrected chi connectivity index (χ3v) is 4.94. The molecule has 4 rings (SSSR count). The molecule has 3 aromatic rings. The van der Waals surface area contributed by atoms with E-state index in [1.54, 1.807) is 23.1 Å². The zero-order valence-corrected chi connectivity index (χ0v) is 15.1. The zero-order chi connectivity index (χ0) is 18.8. The lowest BCUT2D eigenvalue weighted by Crippen LogP contribution is -2.28. The Morgan fingerprint density at radius 1 is 1.11 bits per heavy atom. The number of halogens is 2. The number of benzene rings is 1. The van der Waals surface area contributed by atoms with E-state index in [2.05, 4.69) is 15.2 Å². The van der Waals surface area contributed by atoms with E-state index in [0.29, 0.717) is 35.1 Å². The average Bonchev–Trinajstić information content (AvgIpc) is 3.05. The van der Waals surface area contributed by atoms with Gasteiger partial charge in [0.2, 0.25) is 5.91 Å². The first kappa shape index (κ1) is 17.5. The largest absolute Gasteiger partial charge is 0.295 e. The molecule has 0 spiro atoms. The summed E-state index contributed by atoms with van der Waals surface area (Å²) in [4.78, 5) is 18.1. The summed E-state index contributed by atoms with van der Waals surface area (Å²) in [7, 11) is 0. The second-order valence-corrected chi connectivity index (χ2v) is 6.87. The van der Waals surface area contributed by atoms with Crippen LogP contribution in [0.25, 0.3) is 11.3 Å². The van der Waals surface area contributed by atoms with Crippen LogP contribution in [0.3, 0.4) is 0 Å². The van der Waals surface area contributed by atoms with Crippen molar-refractivity contribution in [1.82, 2.24) is 15.2 Å². The molecule has 1 amide bonds. The summed E-state index contributed by atoms with van der Waals surface area (Å²) in [5.41, 5.74) is 1.81. The first-order chi connectivity index (χ1) is 13.1. The maximum Gasteiger partial charge on any atom is 0.231 e. The van der Waals surface area contributed by atoms with Gasteiger partial charge in [-0.05, 0) is 48.7 Å². The van der Waals surface area contributed by atoms with Crippen LogP contribution in [0.15, 0.2) is 54.9 Å². The number of rotatable bonds is 4. The highest BCUT2D eigenvalue weighted by Crippen LogP contribution is 2.28. The molecule has 0 saturated carbocycles. The number of pyridine rings is 1. The van der Waals surface area contributed by atoms with Gasteiger partial charge in [-0.3, -0.25) is 14.7 Å². The summed E-state index contributed by atoms with van der Waals surface area (Å²) in [6, 6.07) is 12.5. The van der Waals surface area contributed by atoms with Crippen molar-refractivity contribution >= 4 is 23.3 Å². The quantitative estimate of drug-likeness (QED) is 0.686. The van der Waals surface area contributed by atoms with Crippen molar-refractivity contribution in [2.45, 2.75) is 12.8 Å². The molecule has 136 valence electrons. The highest BCUT2D eigenvalue weighted by atomic mass is 35.5. The lowest BCUT2D eigenvalue weighted by molar-refractivity contribution is -0.120. The van der Waals surface area contributed by atoms with Crippen molar-refractivity contribution in [2.75, 3.05) is 11.4 Å². The fourth-order valence-electron chi connectivity index (χ4n) is 3.26. The Bertz CT molecular complexity index is 962. The predicted octanol–water partition coefficient (Wildman–Crippen LogP) is 3.93. The van der Waals surface area contributed by atoms with Crippen molar-refractivity contribution in [2.24, 2.45) is 5.92 Å². The van der Waals surface area contributed by atoms with Crippen molar-refractivity contribution in [3.05, 3.63) is 71.3 Å². The van der Waals surface area contributed by atoms with Gasteiger partial charge in [0.25, 0.3) is 0 Å². The van der Waals surface area contributed by atoms with Crippen LogP contribution in [0.4, 0.5) is 10.2 Å². The van der Waals surface area contributed by atoms with E-state index in [1.165, 1.54) is 6.20 Å². The second kappa shape index (κ2) is 7.40. The normalized spacial score (nSPS) is 16.7. The van der Waals surface area contributed by atoms with Gasteiger partial charge in [-0.2, -0.15) is 0 Å². The minimum Gasteiger partial charge on any atom is -0.295 e. The van der Waals surface area contributed by atoms with Crippen LogP contribution in [0.1, 0.15) is 12.0 Å². The highest BCUT2D eigenvalue weighted by Gasteiger charge is 2.33. The Labute approximate surface area is 160 Å². The molecule has 5 nitrogen and oxygen atoms in total. The first-order valence-corrected chi connectivity index (χ1v) is 8.99. The summed E-state index contributed by atoms with van der Waals surface area (Å²) in [6.07, 6.45) is 4.06. The van der Waals surface area contributed by atoms with Gasteiger partial charge >= 0.3 is 0 Å². The molecule has 1 aromatic carbocycles. The lowest BCUT2D eigenvalue weighted by atomic mass is 9.98. The summed E-state index contributed by atoms with van der Waals surface area (Å²) in [6.45, 7) is 0.592. The van der Waals surface area contributed by atoms with Crippen molar-refractivity contribution < 1.29 is 9.18 Å². The van der Waals surface area contributed by atoms with E-state index in [-0.39, 0.29) is 11.8 Å². The van der Waals surface area contributed by atoms with Gasteiger partial charge in [-0.1, -0.05) is 23.7 Å². The molecule has 1 aliphatic rings. The second-order valence-electron chi connectivity index (χ2n) is 6.44. The van der Waals surface area contributed by atoms with Gasteiger partial charge in [0, 0.05) is 29.2 Å². The number of hydrogen-bond donors (Lipinski definition) is 0. The molecular weight excluding hydrogens is 367 g/mol. The molecule has 1 unspecified atom stereocenters. The molecule has 27 heavy (non-hydrogen) atoms. The zero-order valence-electron chi connectivity index (χ0n) is 14.3. The van der Waals surface area contributed by atoms with E-state index < -0.39 is 5.82 Å². The van der Waals surface area contributed by atoms with Crippen molar-refractivity contribution in [3.63, 3.8) is 0 Å². The van der Waals surface area contributed by atoms with Gasteiger partial charge < -0.3 is 0 Å². The van der Waals surface area contributed by atoms with Gasteiger partial charge in [-0.15, -0.1) is 10.2 Å². The molecule has 0 N–H and O–H groups in total. The maximum absolute atomic E-state index is 13.8. The van der Waals surface area contributed by atoms with Crippen LogP contribution in [-0.2, 0) is 11.2 Å². The molecule has 7 heteroatoms. The molecule has 1 atom stereocenters. The topological polar surface area (TPSA) is 59.0 Å². The Balaban J connectivity index is 1.48. The SMILES string of the molecule is O=C1C(Cc2ccc(Cl)cc2)CCN1c1ccc(-c2ccncc2F)nn1. The third kappa shape index (κ3) is 3.66. The van der Waals surface area contributed by atoms with Gasteiger partial charge in [0.15, 0.2) is 11.6 Å². The summed E-state index contributed by atoms with van der Waals surface area (Å²) in [5.74, 6) is -0.0379. The van der Waals surface area contributed by atoms with E-state index in [1.807, 2.05) is 24.3 Å². The number of amides is 1.